The van der Waals surface area contributed by atoms with E-state index in [-0.39, 0.29) is 12.5 Å². The van der Waals surface area contributed by atoms with Gasteiger partial charge in [0.2, 0.25) is 5.88 Å². The van der Waals surface area contributed by atoms with Crippen molar-refractivity contribution in [3.05, 3.63) is 70.7 Å². The Morgan fingerprint density at radius 2 is 1.93 bits per heavy atom. The molecule has 0 saturated carbocycles. The van der Waals surface area contributed by atoms with Gasteiger partial charge in [0.1, 0.15) is 12.4 Å². The summed E-state index contributed by atoms with van der Waals surface area (Å²) < 4.78 is 13.5. The van der Waals surface area contributed by atoms with Crippen molar-refractivity contribution >= 4 is 27.5 Å². The molecule has 0 atom stereocenters. The van der Waals surface area contributed by atoms with Crippen LogP contribution >= 0.6 is 15.9 Å². The molecule has 2 heterocycles. The molecule has 9 heteroatoms. The highest BCUT2D eigenvalue weighted by atomic mass is 79.9. The number of carbonyl (C=O) groups excluding carboxylic acids is 1. The number of halogens is 1. The maximum absolute atomic E-state index is 12.1. The number of amides is 1. The molecule has 0 aliphatic rings. The number of nitrogens with zero attached hydrogens (tertiary/aromatic N) is 4. The van der Waals surface area contributed by atoms with Crippen molar-refractivity contribution in [2.24, 2.45) is 0 Å². The van der Waals surface area contributed by atoms with Gasteiger partial charge in [0.25, 0.3) is 5.91 Å². The first-order chi connectivity index (χ1) is 14.6. The van der Waals surface area contributed by atoms with E-state index in [1.165, 1.54) is 0 Å². The first-order valence-electron chi connectivity index (χ1n) is 9.17. The summed E-state index contributed by atoms with van der Waals surface area (Å²) >= 11 is 3.35. The second-order valence-electron chi connectivity index (χ2n) is 6.31. The smallest absolute Gasteiger partial charge is 0.251 e. The first-order valence-corrected chi connectivity index (χ1v) is 9.97. The van der Waals surface area contributed by atoms with E-state index in [9.17, 15) is 4.79 Å². The van der Waals surface area contributed by atoms with Gasteiger partial charge in [0.05, 0.1) is 13.7 Å². The lowest BCUT2D eigenvalue weighted by molar-refractivity contribution is 0.0946. The van der Waals surface area contributed by atoms with Gasteiger partial charge < -0.3 is 14.8 Å². The van der Waals surface area contributed by atoms with Crippen molar-refractivity contribution in [1.29, 1.82) is 0 Å². The minimum Gasteiger partial charge on any atom is -0.497 e. The van der Waals surface area contributed by atoms with Crippen LogP contribution in [0.4, 0.5) is 0 Å². The van der Waals surface area contributed by atoms with Gasteiger partial charge in [-0.15, -0.1) is 15.3 Å². The van der Waals surface area contributed by atoms with Gasteiger partial charge in [0, 0.05) is 21.7 Å². The Labute approximate surface area is 181 Å². The number of rotatable bonds is 7. The first kappa shape index (κ1) is 19.8. The van der Waals surface area contributed by atoms with E-state index in [1.807, 2.05) is 36.4 Å². The zero-order valence-corrected chi connectivity index (χ0v) is 17.7. The summed E-state index contributed by atoms with van der Waals surface area (Å²) in [5.74, 6) is 1.55. The van der Waals surface area contributed by atoms with E-state index in [2.05, 4.69) is 36.5 Å². The van der Waals surface area contributed by atoms with Crippen LogP contribution in [0.3, 0.4) is 0 Å². The van der Waals surface area contributed by atoms with Crippen LogP contribution in [0.15, 0.2) is 65.1 Å². The van der Waals surface area contributed by atoms with Gasteiger partial charge in [-0.25, -0.2) is 0 Å². The van der Waals surface area contributed by atoms with Crippen LogP contribution in [0.1, 0.15) is 10.4 Å². The standard InChI is InChI=1S/C21H18BrN5O3/c1-29-17-4-2-3-15(13-17)20-25-24-18-9-10-19(26-27(18)20)30-12-11-23-21(28)14-5-7-16(22)8-6-14/h2-10,13H,11-12H2,1H3,(H,23,28). The number of carbonyl (C=O) groups is 1. The molecule has 0 spiro atoms. The predicted octanol–water partition coefficient (Wildman–Crippen LogP) is 3.37. The van der Waals surface area contributed by atoms with E-state index >= 15 is 0 Å². The van der Waals surface area contributed by atoms with Crippen LogP contribution in [0, 0.1) is 0 Å². The Morgan fingerprint density at radius 1 is 1.10 bits per heavy atom. The minimum absolute atomic E-state index is 0.159. The summed E-state index contributed by atoms with van der Waals surface area (Å²) in [6.45, 7) is 0.622. The summed E-state index contributed by atoms with van der Waals surface area (Å²) in [7, 11) is 1.61. The predicted molar refractivity (Wildman–Crippen MR) is 115 cm³/mol. The van der Waals surface area contributed by atoms with Crippen molar-refractivity contribution in [2.45, 2.75) is 0 Å². The van der Waals surface area contributed by atoms with Crippen molar-refractivity contribution in [1.82, 2.24) is 25.1 Å². The Balaban J connectivity index is 1.41. The fraction of sp³-hybridized carbons (Fsp3) is 0.143. The molecule has 0 unspecified atom stereocenters. The SMILES string of the molecule is COc1cccc(-c2nnc3ccc(OCCNC(=O)c4ccc(Br)cc4)nn23)c1. The van der Waals surface area contributed by atoms with Gasteiger partial charge in [0.15, 0.2) is 11.5 Å². The highest BCUT2D eigenvalue weighted by molar-refractivity contribution is 9.10. The molecule has 1 amide bonds. The molecular weight excluding hydrogens is 450 g/mol. The second kappa shape index (κ2) is 8.91. The number of hydrogen-bond acceptors (Lipinski definition) is 6. The lowest BCUT2D eigenvalue weighted by Crippen LogP contribution is -2.28. The zero-order chi connectivity index (χ0) is 20.9. The molecule has 0 saturated heterocycles. The van der Waals surface area contributed by atoms with Gasteiger partial charge in [-0.3, -0.25) is 4.79 Å². The molecule has 2 aromatic heterocycles. The number of fused-ring (bicyclic) bond motifs is 1. The average molecular weight is 468 g/mol. The van der Waals surface area contributed by atoms with Gasteiger partial charge >= 0.3 is 0 Å². The molecule has 30 heavy (non-hydrogen) atoms. The monoisotopic (exact) mass is 467 g/mol. The van der Waals surface area contributed by atoms with Gasteiger partial charge in [-0.1, -0.05) is 28.1 Å². The van der Waals surface area contributed by atoms with E-state index in [0.717, 1.165) is 15.8 Å². The van der Waals surface area contributed by atoms with Crippen LogP contribution < -0.4 is 14.8 Å². The van der Waals surface area contributed by atoms with Crippen molar-refractivity contribution < 1.29 is 14.3 Å². The van der Waals surface area contributed by atoms with Gasteiger partial charge in [-0.2, -0.15) is 4.52 Å². The summed E-state index contributed by atoms with van der Waals surface area (Å²) in [6, 6.07) is 18.2. The Kier molecular flexibility index (Phi) is 5.89. The number of benzene rings is 2. The van der Waals surface area contributed by atoms with Gasteiger partial charge in [-0.05, 0) is 42.5 Å². The fourth-order valence-corrected chi connectivity index (χ4v) is 3.08. The quantitative estimate of drug-likeness (QED) is 0.419. The molecule has 0 radical (unpaired) electrons. The Hall–Kier alpha value is -3.46. The third-order valence-electron chi connectivity index (χ3n) is 4.31. The van der Waals surface area contributed by atoms with Crippen LogP contribution in [0.5, 0.6) is 11.6 Å². The van der Waals surface area contributed by atoms with E-state index < -0.39 is 0 Å². The number of ether oxygens (including phenoxy) is 2. The molecule has 4 aromatic rings. The van der Waals surface area contributed by atoms with Crippen LogP contribution in [0.25, 0.3) is 17.0 Å². The largest absolute Gasteiger partial charge is 0.497 e. The topological polar surface area (TPSA) is 90.6 Å². The molecule has 1 N–H and O–H groups in total. The lowest BCUT2D eigenvalue weighted by Gasteiger charge is -2.08. The maximum atomic E-state index is 12.1. The third kappa shape index (κ3) is 4.41. The molecule has 0 aliphatic carbocycles. The molecule has 0 fully saturated rings. The number of nitrogens with one attached hydrogen (secondary N) is 1. The Bertz CT molecular complexity index is 1180. The zero-order valence-electron chi connectivity index (χ0n) is 16.1. The highest BCUT2D eigenvalue weighted by Gasteiger charge is 2.11. The third-order valence-corrected chi connectivity index (χ3v) is 4.84. The molecule has 0 bridgehead atoms. The lowest BCUT2D eigenvalue weighted by atomic mass is 10.2. The molecule has 0 aliphatic heterocycles. The Morgan fingerprint density at radius 3 is 2.73 bits per heavy atom. The van der Waals surface area contributed by atoms with Crippen LogP contribution in [-0.2, 0) is 0 Å². The van der Waals surface area contributed by atoms with Crippen molar-refractivity contribution in [3.8, 4) is 23.0 Å². The number of methoxy groups -OCH3 is 1. The van der Waals surface area contributed by atoms with E-state index in [0.29, 0.717) is 29.5 Å². The summed E-state index contributed by atoms with van der Waals surface area (Å²) in [5, 5.41) is 15.6. The van der Waals surface area contributed by atoms with Crippen molar-refractivity contribution in [3.63, 3.8) is 0 Å². The highest BCUT2D eigenvalue weighted by Crippen LogP contribution is 2.23. The van der Waals surface area contributed by atoms with Crippen LogP contribution in [0.2, 0.25) is 0 Å². The molecule has 2 aromatic carbocycles. The van der Waals surface area contributed by atoms with Crippen LogP contribution in [-0.4, -0.2) is 46.0 Å². The second-order valence-corrected chi connectivity index (χ2v) is 7.22. The van der Waals surface area contributed by atoms with E-state index in [1.54, 1.807) is 35.9 Å². The molecule has 8 nitrogen and oxygen atoms in total. The summed E-state index contributed by atoms with van der Waals surface area (Å²) in [6.07, 6.45) is 0. The molecule has 152 valence electrons. The number of aromatic nitrogens is 4. The number of hydrogen-bond donors (Lipinski definition) is 1. The van der Waals surface area contributed by atoms with E-state index in [4.69, 9.17) is 9.47 Å². The molecular formula is C21H18BrN5O3. The average Bonchev–Trinajstić information content (AvgIpc) is 3.20. The fourth-order valence-electron chi connectivity index (χ4n) is 2.81. The summed E-state index contributed by atoms with van der Waals surface area (Å²) in [5.41, 5.74) is 2.02. The molecule has 4 rings (SSSR count). The maximum Gasteiger partial charge on any atom is 0.251 e. The van der Waals surface area contributed by atoms with Crippen molar-refractivity contribution in [2.75, 3.05) is 20.3 Å². The minimum atomic E-state index is -0.159. The summed E-state index contributed by atoms with van der Waals surface area (Å²) in [4.78, 5) is 12.1. The normalized spacial score (nSPS) is 10.7.